The first-order valence-electron chi connectivity index (χ1n) is 11.9. The summed E-state index contributed by atoms with van der Waals surface area (Å²) in [5.41, 5.74) is -2.68. The number of nitrogens with one attached hydrogen (secondary N) is 1. The molecule has 3 N–H and O–H groups in total. The number of carbonyl (C=O) groups excluding carboxylic acids is 3. The number of halogens is 1. The van der Waals surface area contributed by atoms with E-state index in [1.807, 2.05) is 0 Å². The fourth-order valence-corrected chi connectivity index (χ4v) is 5.21. The zero-order chi connectivity index (χ0) is 27.1. The molecule has 1 aromatic carbocycles. The molecule has 5 rings (SSSR count). The third-order valence-corrected chi connectivity index (χ3v) is 7.65. The van der Waals surface area contributed by atoms with Crippen LogP contribution in [0.4, 0.5) is 4.39 Å². The first-order valence-corrected chi connectivity index (χ1v) is 11.9. The lowest BCUT2D eigenvalue weighted by molar-refractivity contribution is -0.155. The van der Waals surface area contributed by atoms with Crippen LogP contribution < -0.4 is 10.9 Å². The predicted octanol–water partition coefficient (Wildman–Crippen LogP) is 0.326. The molecule has 12 heteroatoms. The van der Waals surface area contributed by atoms with Gasteiger partial charge >= 0.3 is 11.8 Å². The van der Waals surface area contributed by atoms with Crippen molar-refractivity contribution in [3.8, 4) is 5.75 Å². The van der Waals surface area contributed by atoms with Gasteiger partial charge in [-0.05, 0) is 43.4 Å². The number of hydrogen-bond acceptors (Lipinski definition) is 7. The number of aromatic nitrogens is 2. The molecule has 0 atom stereocenters. The second-order valence-electron chi connectivity index (χ2n) is 10.1. The van der Waals surface area contributed by atoms with Crippen LogP contribution in [0.15, 0.2) is 29.1 Å². The Hall–Kier alpha value is -3.80. The molecule has 3 amide bonds. The van der Waals surface area contributed by atoms with E-state index >= 15 is 0 Å². The van der Waals surface area contributed by atoms with E-state index in [-0.39, 0.29) is 25.5 Å². The third-order valence-electron chi connectivity index (χ3n) is 7.65. The number of rotatable bonds is 5. The predicted molar refractivity (Wildman–Crippen MR) is 129 cm³/mol. The molecule has 0 radical (unpaired) electrons. The standard InChI is InChI=1S/C25H30FN5O6/c1-29(2)21(36)22(37)30(3)25-10-8-24(14-32,9-11-25)13-31-20(35)18(33)17(28-23(25)31)19(34)27-12-15-4-6-16(26)7-5-15/h4-7,32-33H,8-14H2,1-3H3,(H,27,34). The second-order valence-corrected chi connectivity index (χ2v) is 10.1. The number of likely N-dealkylation sites (N-methyl/N-ethyl adjacent to an activating group) is 2. The van der Waals surface area contributed by atoms with Crippen LogP contribution in [0.1, 0.15) is 47.6 Å². The zero-order valence-corrected chi connectivity index (χ0v) is 21.0. The van der Waals surface area contributed by atoms with Gasteiger partial charge in [0.05, 0.1) is 6.61 Å². The third kappa shape index (κ3) is 4.45. The first-order chi connectivity index (χ1) is 17.4. The fraction of sp³-hybridized carbons (Fsp3) is 0.480. The van der Waals surface area contributed by atoms with Gasteiger partial charge in [-0.15, -0.1) is 0 Å². The molecule has 1 aliphatic carbocycles. The number of aromatic hydroxyl groups is 1. The number of hydrogen-bond donors (Lipinski definition) is 3. The number of benzene rings is 1. The molecule has 198 valence electrons. The maximum atomic E-state index is 13.3. The van der Waals surface area contributed by atoms with E-state index in [9.17, 15) is 33.8 Å². The van der Waals surface area contributed by atoms with Gasteiger partial charge in [0.2, 0.25) is 5.75 Å². The average Bonchev–Trinajstić information content (AvgIpc) is 3.13. The van der Waals surface area contributed by atoms with Gasteiger partial charge in [-0.2, -0.15) is 0 Å². The number of amides is 3. The van der Waals surface area contributed by atoms with Crippen molar-refractivity contribution in [3.63, 3.8) is 0 Å². The van der Waals surface area contributed by atoms with Gasteiger partial charge in [0.15, 0.2) is 5.69 Å². The van der Waals surface area contributed by atoms with Gasteiger partial charge in [0.25, 0.3) is 11.5 Å². The molecule has 2 bridgehead atoms. The highest BCUT2D eigenvalue weighted by molar-refractivity contribution is 6.34. The summed E-state index contributed by atoms with van der Waals surface area (Å²) in [6, 6.07) is 5.45. The molecular formula is C25H30FN5O6. The van der Waals surface area contributed by atoms with E-state index in [2.05, 4.69) is 10.3 Å². The number of aliphatic hydroxyl groups is 1. The van der Waals surface area contributed by atoms with Crippen LogP contribution in [0, 0.1) is 11.2 Å². The summed E-state index contributed by atoms with van der Waals surface area (Å²) in [6.45, 7) is -0.182. The maximum Gasteiger partial charge on any atom is 0.312 e. The Morgan fingerprint density at radius 3 is 2.27 bits per heavy atom. The van der Waals surface area contributed by atoms with E-state index in [1.54, 1.807) is 0 Å². The SMILES string of the molecule is CN(C)C(=O)C(=O)N(C)C12CCC(CO)(CC1)Cn1c2nc(C(=O)NCc2ccc(F)cc2)c(O)c1=O. The monoisotopic (exact) mass is 515 g/mol. The van der Waals surface area contributed by atoms with Crippen LogP contribution in [-0.2, 0) is 28.2 Å². The van der Waals surface area contributed by atoms with Crippen LogP contribution in [0.5, 0.6) is 5.75 Å². The Bertz CT molecular complexity index is 1300. The van der Waals surface area contributed by atoms with Crippen LogP contribution in [0.3, 0.4) is 0 Å². The Labute approximate surface area is 212 Å². The van der Waals surface area contributed by atoms with Crippen molar-refractivity contribution < 1.29 is 29.0 Å². The molecule has 1 fully saturated rings. The van der Waals surface area contributed by atoms with Gasteiger partial charge in [-0.25, -0.2) is 9.37 Å². The highest BCUT2D eigenvalue weighted by Crippen LogP contribution is 2.51. The molecule has 11 nitrogen and oxygen atoms in total. The molecule has 1 aromatic heterocycles. The van der Waals surface area contributed by atoms with E-state index in [0.29, 0.717) is 31.2 Å². The molecular weight excluding hydrogens is 485 g/mol. The largest absolute Gasteiger partial charge is 0.501 e. The van der Waals surface area contributed by atoms with Crippen LogP contribution in [0.2, 0.25) is 0 Å². The van der Waals surface area contributed by atoms with Gasteiger partial charge in [-0.3, -0.25) is 23.7 Å². The Balaban J connectivity index is 1.79. The van der Waals surface area contributed by atoms with Crippen molar-refractivity contribution in [2.45, 2.75) is 44.3 Å². The average molecular weight is 516 g/mol. The molecule has 3 aliphatic rings. The highest BCUT2D eigenvalue weighted by Gasteiger charge is 2.54. The molecule has 37 heavy (non-hydrogen) atoms. The molecule has 2 aromatic rings. The summed E-state index contributed by atoms with van der Waals surface area (Å²) in [6.07, 6.45) is 1.47. The van der Waals surface area contributed by atoms with Gasteiger partial charge in [-0.1, -0.05) is 12.1 Å². The van der Waals surface area contributed by atoms with E-state index < -0.39 is 51.5 Å². The fourth-order valence-electron chi connectivity index (χ4n) is 5.21. The van der Waals surface area contributed by atoms with Crippen molar-refractivity contribution in [2.75, 3.05) is 27.7 Å². The van der Waals surface area contributed by atoms with Crippen LogP contribution >= 0.6 is 0 Å². The van der Waals surface area contributed by atoms with Crippen molar-refractivity contribution >= 4 is 17.7 Å². The molecule has 0 saturated heterocycles. The second kappa shape index (κ2) is 9.58. The van der Waals surface area contributed by atoms with Crippen LogP contribution in [-0.4, -0.2) is 75.0 Å². The topological polar surface area (TPSA) is 145 Å². The molecule has 0 spiro atoms. The zero-order valence-electron chi connectivity index (χ0n) is 21.0. The van der Waals surface area contributed by atoms with Gasteiger partial charge < -0.3 is 25.3 Å². The summed E-state index contributed by atoms with van der Waals surface area (Å²) in [4.78, 5) is 58.8. The Kier molecular flexibility index (Phi) is 6.80. The minimum Gasteiger partial charge on any atom is -0.501 e. The lowest BCUT2D eigenvalue weighted by Gasteiger charge is -2.46. The van der Waals surface area contributed by atoms with Gasteiger partial charge in [0, 0.05) is 39.6 Å². The van der Waals surface area contributed by atoms with Crippen molar-refractivity contribution in [3.05, 3.63) is 57.5 Å². The molecule has 2 aliphatic heterocycles. The summed E-state index contributed by atoms with van der Waals surface area (Å²) in [5, 5.41) is 23.4. The van der Waals surface area contributed by atoms with Gasteiger partial charge in [0.1, 0.15) is 17.2 Å². The molecule has 3 heterocycles. The molecule has 1 saturated carbocycles. The van der Waals surface area contributed by atoms with E-state index in [4.69, 9.17) is 0 Å². The summed E-state index contributed by atoms with van der Waals surface area (Å²) in [7, 11) is 4.36. The van der Waals surface area contributed by atoms with Crippen molar-refractivity contribution in [1.29, 1.82) is 0 Å². The number of aliphatic hydroxyl groups excluding tert-OH is 1. The summed E-state index contributed by atoms with van der Waals surface area (Å²) < 4.78 is 14.4. The first kappa shape index (κ1) is 26.3. The number of fused-ring (bicyclic) bond motifs is 2. The quantitative estimate of drug-likeness (QED) is 0.487. The minimum absolute atomic E-state index is 0.00680. The lowest BCUT2D eigenvalue weighted by atomic mass is 9.68. The normalized spacial score (nSPS) is 22.1. The van der Waals surface area contributed by atoms with E-state index in [1.165, 1.54) is 54.9 Å². The highest BCUT2D eigenvalue weighted by atomic mass is 19.1. The Morgan fingerprint density at radius 2 is 1.70 bits per heavy atom. The summed E-state index contributed by atoms with van der Waals surface area (Å²) in [5.74, 6) is -3.60. The maximum absolute atomic E-state index is 13.3. The van der Waals surface area contributed by atoms with Crippen LogP contribution in [0.25, 0.3) is 0 Å². The summed E-state index contributed by atoms with van der Waals surface area (Å²) >= 11 is 0. The molecule has 0 unspecified atom stereocenters. The minimum atomic E-state index is -1.21. The number of carbonyl (C=O) groups is 3. The smallest absolute Gasteiger partial charge is 0.312 e. The lowest BCUT2D eigenvalue weighted by Crippen LogP contribution is -2.54. The van der Waals surface area contributed by atoms with Crippen molar-refractivity contribution in [2.24, 2.45) is 5.41 Å². The van der Waals surface area contributed by atoms with E-state index in [0.717, 1.165) is 4.90 Å². The Morgan fingerprint density at radius 1 is 1.08 bits per heavy atom. The van der Waals surface area contributed by atoms with Crippen molar-refractivity contribution in [1.82, 2.24) is 24.7 Å². The number of nitrogens with zero attached hydrogens (tertiary/aromatic N) is 4.